The van der Waals surface area contributed by atoms with E-state index in [4.69, 9.17) is 0 Å². The lowest BCUT2D eigenvalue weighted by Crippen LogP contribution is -1.92. The number of aryl methyl sites for hydroxylation is 2. The molecule has 2 heterocycles. The normalized spacial score (nSPS) is 11.5. The number of thiophene rings is 1. The molecule has 0 bridgehead atoms. The highest BCUT2D eigenvalue weighted by atomic mass is 32.2. The average molecular weight is 343 g/mol. The first kappa shape index (κ1) is 16.5. The molecular formula is C19H22N2S2. The molecular weight excluding hydrogens is 320 g/mol. The lowest BCUT2D eigenvalue weighted by Gasteiger charge is -2.08. The minimum absolute atomic E-state index is 0.724. The highest BCUT2D eigenvalue weighted by molar-refractivity contribution is 7.99. The van der Waals surface area contributed by atoms with Gasteiger partial charge in [0, 0.05) is 10.9 Å². The zero-order valence-corrected chi connectivity index (χ0v) is 15.7. The predicted molar refractivity (Wildman–Crippen MR) is 103 cm³/mol. The SMILES string of the molecule is Cc1ccc(-c2csc3ncnc(SCCC(C)C)c23)cc1C. The lowest BCUT2D eigenvalue weighted by molar-refractivity contribution is 0.632. The van der Waals surface area contributed by atoms with Crippen LogP contribution in [0.3, 0.4) is 0 Å². The Balaban J connectivity index is 2.02. The van der Waals surface area contributed by atoms with Gasteiger partial charge in [-0.2, -0.15) is 0 Å². The lowest BCUT2D eigenvalue weighted by atomic mass is 10.0. The first-order chi connectivity index (χ1) is 11.1. The van der Waals surface area contributed by atoms with Gasteiger partial charge in [0.25, 0.3) is 0 Å². The highest BCUT2D eigenvalue weighted by Gasteiger charge is 2.14. The molecule has 0 N–H and O–H groups in total. The molecule has 120 valence electrons. The van der Waals surface area contributed by atoms with Crippen LogP contribution in [0.2, 0.25) is 0 Å². The number of fused-ring (bicyclic) bond motifs is 1. The maximum atomic E-state index is 4.56. The first-order valence-corrected chi connectivity index (χ1v) is 9.85. The van der Waals surface area contributed by atoms with Crippen LogP contribution in [0.4, 0.5) is 0 Å². The third-order valence-electron chi connectivity index (χ3n) is 4.09. The minimum atomic E-state index is 0.724. The molecule has 0 unspecified atom stereocenters. The maximum Gasteiger partial charge on any atom is 0.128 e. The van der Waals surface area contributed by atoms with Crippen molar-refractivity contribution < 1.29 is 0 Å². The molecule has 0 aliphatic rings. The topological polar surface area (TPSA) is 25.8 Å². The summed E-state index contributed by atoms with van der Waals surface area (Å²) in [6.07, 6.45) is 2.90. The maximum absolute atomic E-state index is 4.56. The summed E-state index contributed by atoms with van der Waals surface area (Å²) in [7, 11) is 0. The Morgan fingerprint density at radius 3 is 2.70 bits per heavy atom. The molecule has 0 fully saturated rings. The van der Waals surface area contributed by atoms with Crippen molar-refractivity contribution in [3.63, 3.8) is 0 Å². The molecule has 0 amide bonds. The predicted octanol–water partition coefficient (Wildman–Crippen LogP) is 6.11. The van der Waals surface area contributed by atoms with Gasteiger partial charge in [0.15, 0.2) is 0 Å². The molecule has 3 aromatic rings. The van der Waals surface area contributed by atoms with Gasteiger partial charge in [-0.05, 0) is 48.6 Å². The van der Waals surface area contributed by atoms with Crippen LogP contribution in [-0.2, 0) is 0 Å². The number of benzene rings is 1. The Bertz CT molecular complexity index is 821. The number of hydrogen-bond acceptors (Lipinski definition) is 4. The second-order valence-corrected chi connectivity index (χ2v) is 8.28. The monoisotopic (exact) mass is 342 g/mol. The third-order valence-corrected chi connectivity index (χ3v) is 6.00. The smallest absolute Gasteiger partial charge is 0.128 e. The Morgan fingerprint density at radius 2 is 1.96 bits per heavy atom. The number of nitrogens with zero attached hydrogens (tertiary/aromatic N) is 2. The molecule has 2 nitrogen and oxygen atoms in total. The molecule has 0 saturated heterocycles. The summed E-state index contributed by atoms with van der Waals surface area (Å²) in [4.78, 5) is 10.1. The molecule has 0 aliphatic heterocycles. The van der Waals surface area contributed by atoms with E-state index < -0.39 is 0 Å². The van der Waals surface area contributed by atoms with Crippen LogP contribution in [0.1, 0.15) is 31.4 Å². The van der Waals surface area contributed by atoms with E-state index in [-0.39, 0.29) is 0 Å². The van der Waals surface area contributed by atoms with Crippen molar-refractivity contribution in [1.29, 1.82) is 0 Å². The Labute approximate surface area is 146 Å². The van der Waals surface area contributed by atoms with Gasteiger partial charge in [-0.15, -0.1) is 23.1 Å². The summed E-state index contributed by atoms with van der Waals surface area (Å²) in [6, 6.07) is 6.68. The quantitative estimate of drug-likeness (QED) is 0.413. The molecule has 23 heavy (non-hydrogen) atoms. The minimum Gasteiger partial charge on any atom is -0.229 e. The largest absolute Gasteiger partial charge is 0.229 e. The fourth-order valence-corrected chi connectivity index (χ4v) is 4.71. The zero-order valence-electron chi connectivity index (χ0n) is 14.1. The average Bonchev–Trinajstić information content (AvgIpc) is 2.94. The van der Waals surface area contributed by atoms with Crippen LogP contribution in [0.5, 0.6) is 0 Å². The summed E-state index contributed by atoms with van der Waals surface area (Å²) < 4.78 is 0. The molecule has 1 aromatic carbocycles. The van der Waals surface area contributed by atoms with E-state index in [2.05, 4.69) is 61.2 Å². The van der Waals surface area contributed by atoms with E-state index in [0.717, 1.165) is 21.5 Å². The molecule has 0 saturated carbocycles. The molecule has 0 atom stereocenters. The van der Waals surface area contributed by atoms with Crippen molar-refractivity contribution in [2.75, 3.05) is 5.75 Å². The fourth-order valence-electron chi connectivity index (χ4n) is 2.47. The fraction of sp³-hybridized carbons (Fsp3) is 0.368. The van der Waals surface area contributed by atoms with Crippen LogP contribution < -0.4 is 0 Å². The highest BCUT2D eigenvalue weighted by Crippen LogP contribution is 2.38. The number of aromatic nitrogens is 2. The van der Waals surface area contributed by atoms with Crippen molar-refractivity contribution in [2.45, 2.75) is 39.1 Å². The standard InChI is InChI=1S/C19H22N2S2/c1-12(2)7-8-22-18-17-16(10-23-19(17)21-11-20-18)15-6-5-13(3)14(4)9-15/h5-6,9-12H,7-8H2,1-4H3. The Hall–Kier alpha value is -1.39. The van der Waals surface area contributed by atoms with Crippen LogP contribution in [0.25, 0.3) is 21.3 Å². The molecule has 3 rings (SSSR count). The van der Waals surface area contributed by atoms with Crippen LogP contribution >= 0.6 is 23.1 Å². The van der Waals surface area contributed by atoms with Crippen molar-refractivity contribution in [3.8, 4) is 11.1 Å². The summed E-state index contributed by atoms with van der Waals surface area (Å²) in [6.45, 7) is 8.85. The van der Waals surface area contributed by atoms with E-state index in [9.17, 15) is 0 Å². The Morgan fingerprint density at radius 1 is 1.13 bits per heavy atom. The van der Waals surface area contributed by atoms with Gasteiger partial charge in [-0.1, -0.05) is 32.0 Å². The van der Waals surface area contributed by atoms with Gasteiger partial charge in [-0.25, -0.2) is 9.97 Å². The zero-order chi connectivity index (χ0) is 16.4. The van der Waals surface area contributed by atoms with Crippen LogP contribution in [0, 0.1) is 19.8 Å². The molecule has 4 heteroatoms. The van der Waals surface area contributed by atoms with E-state index in [1.807, 2.05) is 11.8 Å². The first-order valence-electron chi connectivity index (χ1n) is 7.99. The second kappa shape index (κ2) is 7.02. The van der Waals surface area contributed by atoms with Crippen molar-refractivity contribution in [1.82, 2.24) is 9.97 Å². The van der Waals surface area contributed by atoms with Crippen LogP contribution in [0.15, 0.2) is 34.9 Å². The van der Waals surface area contributed by atoms with Gasteiger partial charge in [0.2, 0.25) is 0 Å². The Kier molecular flexibility index (Phi) is 5.02. The van der Waals surface area contributed by atoms with E-state index in [1.165, 1.54) is 34.1 Å². The summed E-state index contributed by atoms with van der Waals surface area (Å²) >= 11 is 3.56. The van der Waals surface area contributed by atoms with Gasteiger partial charge in [0.1, 0.15) is 16.2 Å². The van der Waals surface area contributed by atoms with Crippen molar-refractivity contribution >= 4 is 33.3 Å². The molecule has 0 spiro atoms. The van der Waals surface area contributed by atoms with E-state index in [0.29, 0.717) is 0 Å². The van der Waals surface area contributed by atoms with Gasteiger partial charge < -0.3 is 0 Å². The number of thioether (sulfide) groups is 1. The van der Waals surface area contributed by atoms with Gasteiger partial charge in [-0.3, -0.25) is 0 Å². The van der Waals surface area contributed by atoms with Crippen LogP contribution in [-0.4, -0.2) is 15.7 Å². The van der Waals surface area contributed by atoms with E-state index in [1.54, 1.807) is 17.7 Å². The van der Waals surface area contributed by atoms with Gasteiger partial charge >= 0.3 is 0 Å². The van der Waals surface area contributed by atoms with Crippen molar-refractivity contribution in [3.05, 3.63) is 41.0 Å². The summed E-state index contributed by atoms with van der Waals surface area (Å²) in [5.74, 6) is 1.83. The number of hydrogen-bond donors (Lipinski definition) is 0. The molecule has 0 aliphatic carbocycles. The molecule has 0 radical (unpaired) electrons. The molecule has 2 aromatic heterocycles. The summed E-state index contributed by atoms with van der Waals surface area (Å²) in [5, 5.41) is 4.55. The second-order valence-electron chi connectivity index (χ2n) is 6.34. The summed E-state index contributed by atoms with van der Waals surface area (Å²) in [5.41, 5.74) is 5.18. The van der Waals surface area contributed by atoms with Crippen molar-refractivity contribution in [2.24, 2.45) is 5.92 Å². The number of rotatable bonds is 5. The van der Waals surface area contributed by atoms with Gasteiger partial charge in [0.05, 0.1) is 5.39 Å². The third kappa shape index (κ3) is 3.59. The van der Waals surface area contributed by atoms with E-state index >= 15 is 0 Å².